The summed E-state index contributed by atoms with van der Waals surface area (Å²) in [5.74, 6) is 0.469. The molecule has 0 spiro atoms. The number of nitrogens with zero attached hydrogens (tertiary/aromatic N) is 1. The predicted octanol–water partition coefficient (Wildman–Crippen LogP) is 0.801. The van der Waals surface area contributed by atoms with Gasteiger partial charge in [-0.3, -0.25) is 4.98 Å². The molecule has 66 valence electrons. The number of anilines is 1. The van der Waals surface area contributed by atoms with Crippen molar-refractivity contribution in [3.05, 3.63) is 24.0 Å². The van der Waals surface area contributed by atoms with Gasteiger partial charge in [-0.05, 0) is 30.5 Å². The summed E-state index contributed by atoms with van der Waals surface area (Å²) in [6.07, 6.45) is 4.42. The summed E-state index contributed by atoms with van der Waals surface area (Å²) in [6, 6.07) is 1.82. The van der Waals surface area contributed by atoms with Gasteiger partial charge in [-0.25, -0.2) is 0 Å². The van der Waals surface area contributed by atoms with Gasteiger partial charge in [0.2, 0.25) is 0 Å². The van der Waals surface area contributed by atoms with E-state index in [1.807, 2.05) is 12.3 Å². The Balaban J connectivity index is 2.69. The van der Waals surface area contributed by atoms with Crippen LogP contribution in [0, 0.1) is 5.92 Å². The van der Waals surface area contributed by atoms with Gasteiger partial charge in [0.05, 0.1) is 0 Å². The molecule has 0 aliphatic heterocycles. The minimum Gasteiger partial charge on any atom is -0.398 e. The monoisotopic (exact) mass is 165 g/mol. The van der Waals surface area contributed by atoms with E-state index in [0.717, 1.165) is 17.7 Å². The molecule has 0 bridgehead atoms. The molecule has 1 heterocycles. The highest BCUT2D eigenvalue weighted by atomic mass is 14.7. The normalized spacial score (nSPS) is 12.8. The second-order valence-electron chi connectivity index (χ2n) is 3.12. The fourth-order valence-electron chi connectivity index (χ4n) is 1.07. The van der Waals surface area contributed by atoms with Crippen LogP contribution >= 0.6 is 0 Å². The molecule has 1 rings (SSSR count). The van der Waals surface area contributed by atoms with E-state index in [4.69, 9.17) is 11.5 Å². The molecule has 0 aliphatic rings. The zero-order chi connectivity index (χ0) is 8.97. The standard InChI is InChI=1S/C9H15N3/c1-7(5-10)4-8-6-12-3-2-9(8)11/h2-3,6-7H,4-5,10H2,1H3,(H2,11,12). The van der Waals surface area contributed by atoms with Crippen molar-refractivity contribution in [1.29, 1.82) is 0 Å². The molecule has 1 atom stereocenters. The van der Waals surface area contributed by atoms with E-state index in [1.165, 1.54) is 0 Å². The summed E-state index contributed by atoms with van der Waals surface area (Å²) >= 11 is 0. The molecule has 0 saturated carbocycles. The van der Waals surface area contributed by atoms with Crippen molar-refractivity contribution >= 4 is 5.69 Å². The van der Waals surface area contributed by atoms with E-state index < -0.39 is 0 Å². The highest BCUT2D eigenvalue weighted by Crippen LogP contribution is 2.13. The molecule has 0 radical (unpaired) electrons. The van der Waals surface area contributed by atoms with E-state index in [9.17, 15) is 0 Å². The van der Waals surface area contributed by atoms with Crippen LogP contribution in [-0.2, 0) is 6.42 Å². The first-order valence-electron chi connectivity index (χ1n) is 4.12. The molecule has 0 amide bonds. The van der Waals surface area contributed by atoms with Gasteiger partial charge < -0.3 is 11.5 Å². The Morgan fingerprint density at radius 2 is 2.33 bits per heavy atom. The Hall–Kier alpha value is -1.09. The van der Waals surface area contributed by atoms with Gasteiger partial charge in [0.25, 0.3) is 0 Å². The Bertz CT molecular complexity index is 247. The van der Waals surface area contributed by atoms with Gasteiger partial charge in [0.15, 0.2) is 0 Å². The van der Waals surface area contributed by atoms with Gasteiger partial charge in [-0.2, -0.15) is 0 Å². The maximum atomic E-state index is 5.74. The van der Waals surface area contributed by atoms with Crippen LogP contribution in [0.15, 0.2) is 18.5 Å². The molecule has 0 aromatic carbocycles. The summed E-state index contributed by atoms with van der Waals surface area (Å²) in [5, 5.41) is 0. The van der Waals surface area contributed by atoms with Crippen LogP contribution < -0.4 is 11.5 Å². The summed E-state index contributed by atoms with van der Waals surface area (Å²) in [6.45, 7) is 2.79. The Morgan fingerprint density at radius 3 is 2.92 bits per heavy atom. The lowest BCUT2D eigenvalue weighted by molar-refractivity contribution is 0.593. The molecular weight excluding hydrogens is 150 g/mol. The molecule has 3 heteroatoms. The number of aromatic nitrogens is 1. The molecule has 0 saturated heterocycles. The predicted molar refractivity (Wildman–Crippen MR) is 50.6 cm³/mol. The minimum atomic E-state index is 0.469. The maximum absolute atomic E-state index is 5.74. The van der Waals surface area contributed by atoms with E-state index >= 15 is 0 Å². The summed E-state index contributed by atoms with van der Waals surface area (Å²) in [5.41, 5.74) is 13.2. The second-order valence-corrected chi connectivity index (χ2v) is 3.12. The lowest BCUT2D eigenvalue weighted by atomic mass is 10.0. The number of hydrogen-bond acceptors (Lipinski definition) is 3. The summed E-state index contributed by atoms with van der Waals surface area (Å²) < 4.78 is 0. The van der Waals surface area contributed by atoms with Crippen molar-refractivity contribution in [3.63, 3.8) is 0 Å². The van der Waals surface area contributed by atoms with Gasteiger partial charge in [0.1, 0.15) is 0 Å². The van der Waals surface area contributed by atoms with Gasteiger partial charge >= 0.3 is 0 Å². The first-order chi connectivity index (χ1) is 5.74. The first-order valence-corrected chi connectivity index (χ1v) is 4.12. The molecule has 4 N–H and O–H groups in total. The summed E-state index contributed by atoms with van der Waals surface area (Å²) in [4.78, 5) is 4.01. The van der Waals surface area contributed by atoms with Crippen LogP contribution in [-0.4, -0.2) is 11.5 Å². The third kappa shape index (κ3) is 2.20. The van der Waals surface area contributed by atoms with Crippen LogP contribution in [0.5, 0.6) is 0 Å². The third-order valence-corrected chi connectivity index (χ3v) is 1.91. The molecule has 0 aliphatic carbocycles. The molecule has 12 heavy (non-hydrogen) atoms. The third-order valence-electron chi connectivity index (χ3n) is 1.91. The van der Waals surface area contributed by atoms with Crippen molar-refractivity contribution in [3.8, 4) is 0 Å². The molecular formula is C9H15N3. The fraction of sp³-hybridized carbons (Fsp3) is 0.444. The highest BCUT2D eigenvalue weighted by Gasteiger charge is 2.03. The minimum absolute atomic E-state index is 0.469. The van der Waals surface area contributed by atoms with Crippen LogP contribution in [0.25, 0.3) is 0 Å². The maximum Gasteiger partial charge on any atom is 0.0377 e. The molecule has 1 aromatic heterocycles. The van der Waals surface area contributed by atoms with Crippen molar-refractivity contribution in [1.82, 2.24) is 4.98 Å². The molecule has 1 aromatic rings. The number of hydrogen-bond donors (Lipinski definition) is 2. The quantitative estimate of drug-likeness (QED) is 0.696. The Kier molecular flexibility index (Phi) is 3.05. The molecule has 3 nitrogen and oxygen atoms in total. The van der Waals surface area contributed by atoms with E-state index in [1.54, 1.807) is 6.20 Å². The zero-order valence-electron chi connectivity index (χ0n) is 7.33. The van der Waals surface area contributed by atoms with Crippen molar-refractivity contribution < 1.29 is 0 Å². The second kappa shape index (κ2) is 4.07. The first kappa shape index (κ1) is 9.00. The van der Waals surface area contributed by atoms with E-state index in [-0.39, 0.29) is 0 Å². The lowest BCUT2D eigenvalue weighted by Crippen LogP contribution is -2.14. The number of rotatable bonds is 3. The average Bonchev–Trinajstić information content (AvgIpc) is 2.09. The number of nitrogens with two attached hydrogens (primary N) is 2. The van der Waals surface area contributed by atoms with Gasteiger partial charge in [-0.15, -0.1) is 0 Å². The Labute approximate surface area is 72.8 Å². The van der Waals surface area contributed by atoms with E-state index in [0.29, 0.717) is 12.5 Å². The molecule has 0 fully saturated rings. The number of pyridine rings is 1. The topological polar surface area (TPSA) is 64.9 Å². The lowest BCUT2D eigenvalue weighted by Gasteiger charge is -2.09. The van der Waals surface area contributed by atoms with Gasteiger partial charge in [-0.1, -0.05) is 6.92 Å². The van der Waals surface area contributed by atoms with Crippen molar-refractivity contribution in [2.24, 2.45) is 11.7 Å². The van der Waals surface area contributed by atoms with Crippen LogP contribution in [0.4, 0.5) is 5.69 Å². The smallest absolute Gasteiger partial charge is 0.0377 e. The zero-order valence-corrected chi connectivity index (χ0v) is 7.33. The summed E-state index contributed by atoms with van der Waals surface area (Å²) in [7, 11) is 0. The Morgan fingerprint density at radius 1 is 1.58 bits per heavy atom. The van der Waals surface area contributed by atoms with E-state index in [2.05, 4.69) is 11.9 Å². The van der Waals surface area contributed by atoms with Crippen LogP contribution in [0.3, 0.4) is 0 Å². The van der Waals surface area contributed by atoms with Crippen molar-refractivity contribution in [2.45, 2.75) is 13.3 Å². The van der Waals surface area contributed by atoms with Crippen LogP contribution in [0.2, 0.25) is 0 Å². The van der Waals surface area contributed by atoms with Gasteiger partial charge in [0, 0.05) is 18.1 Å². The number of nitrogen functional groups attached to an aromatic ring is 1. The SMILES string of the molecule is CC(CN)Cc1cnccc1N. The van der Waals surface area contributed by atoms with Crippen molar-refractivity contribution in [2.75, 3.05) is 12.3 Å². The largest absolute Gasteiger partial charge is 0.398 e. The molecule has 1 unspecified atom stereocenters. The highest BCUT2D eigenvalue weighted by molar-refractivity contribution is 5.44. The average molecular weight is 165 g/mol. The fourth-order valence-corrected chi connectivity index (χ4v) is 1.07. The van der Waals surface area contributed by atoms with Crippen LogP contribution in [0.1, 0.15) is 12.5 Å².